The molecule has 0 aromatic heterocycles. The zero-order valence-electron chi connectivity index (χ0n) is 49.1. The van der Waals surface area contributed by atoms with Crippen molar-refractivity contribution < 1.29 is 71.1 Å². The fourth-order valence-electron chi connectivity index (χ4n) is 13.3. The van der Waals surface area contributed by atoms with E-state index in [0.717, 1.165) is 5.57 Å². The van der Waals surface area contributed by atoms with E-state index in [4.69, 9.17) is 37.3 Å². The number of esters is 4. The van der Waals surface area contributed by atoms with E-state index in [1.54, 1.807) is 54.5 Å². The number of ketones is 1. The maximum Gasteiger partial charge on any atom is 0.408 e. The van der Waals surface area contributed by atoms with Crippen molar-refractivity contribution in [2.24, 2.45) is 22.7 Å². The second-order valence-electron chi connectivity index (χ2n) is 25.1. The van der Waals surface area contributed by atoms with Crippen molar-refractivity contribution in [1.82, 2.24) is 5.32 Å². The number of nitrogens with one attached hydrogen (secondary N) is 1. The number of aliphatic hydroxyl groups is 1. The third-order valence-corrected chi connectivity index (χ3v) is 27.8. The van der Waals surface area contributed by atoms with Crippen LogP contribution in [0.3, 0.4) is 0 Å². The number of rotatable bonds is 20. The Balaban J connectivity index is 2.18. The molecule has 1 aliphatic heterocycles. The molecule has 2 unspecified atom stereocenters. The maximum atomic E-state index is 16.5. The Morgan fingerprint density at radius 2 is 1.41 bits per heavy atom. The van der Waals surface area contributed by atoms with E-state index in [0.29, 0.717) is 23.7 Å². The largest absolute Gasteiger partial charge is 0.459 e. The van der Waals surface area contributed by atoms with Gasteiger partial charge >= 0.3 is 30.0 Å². The summed E-state index contributed by atoms with van der Waals surface area (Å²) in [7, 11) is -5.62. The summed E-state index contributed by atoms with van der Waals surface area (Å²) in [5, 5.41) is 17.2. The highest BCUT2D eigenvalue weighted by Gasteiger charge is 2.79. The number of amides is 1. The van der Waals surface area contributed by atoms with Gasteiger partial charge in [-0.2, -0.15) is 0 Å². The molecule has 2 saturated carbocycles. The Morgan fingerprint density at radius 1 is 0.851 bits per heavy atom. The van der Waals surface area contributed by atoms with Crippen molar-refractivity contribution in [3.8, 4) is 0 Å². The van der Waals surface area contributed by atoms with Gasteiger partial charge in [0.15, 0.2) is 31.9 Å². The number of allylic oxidation sites excluding steroid dienone is 1. The highest BCUT2D eigenvalue weighted by Crippen LogP contribution is 2.65. The third-order valence-electron chi connectivity index (χ3n) is 17.1. The van der Waals surface area contributed by atoms with Crippen LogP contribution in [0.5, 0.6) is 0 Å². The molecule has 0 radical (unpaired) electrons. The van der Waals surface area contributed by atoms with Crippen LogP contribution in [0.4, 0.5) is 4.79 Å². The molecule has 4 aliphatic rings. The summed E-state index contributed by atoms with van der Waals surface area (Å²) in [5.74, 6) is -5.19. The summed E-state index contributed by atoms with van der Waals surface area (Å²) in [5.41, 5.74) is -6.98. The van der Waals surface area contributed by atoms with Crippen LogP contribution in [-0.4, -0.2) is 124 Å². The van der Waals surface area contributed by atoms with Gasteiger partial charge < -0.3 is 47.7 Å². The number of alkyl carbamates (subject to hydrolysis) is 1. The number of hydrogen-bond acceptors (Lipinski definition) is 15. The third kappa shape index (κ3) is 12.0. The molecular formula is C56H95NO15Si2. The molecule has 1 amide bonds. The first kappa shape index (κ1) is 63.1. The molecule has 2 bridgehead atoms. The van der Waals surface area contributed by atoms with Gasteiger partial charge in [-0.05, 0) is 100 Å². The zero-order valence-corrected chi connectivity index (χ0v) is 51.1. The van der Waals surface area contributed by atoms with E-state index in [1.165, 1.54) is 13.8 Å². The first-order valence-corrected chi connectivity index (χ1v) is 31.9. The van der Waals surface area contributed by atoms with Crippen LogP contribution in [0.25, 0.3) is 0 Å². The quantitative estimate of drug-likeness (QED) is 0.0503. The van der Waals surface area contributed by atoms with Crippen molar-refractivity contribution in [3.63, 3.8) is 0 Å². The first-order chi connectivity index (χ1) is 33.9. The predicted octanol–water partition coefficient (Wildman–Crippen LogP) is 10.4. The lowest BCUT2D eigenvalue weighted by atomic mass is 9.44. The Morgan fingerprint density at radius 3 is 1.84 bits per heavy atom. The molecule has 0 aromatic rings. The van der Waals surface area contributed by atoms with Gasteiger partial charge in [-0.15, -0.1) is 0 Å². The maximum absolute atomic E-state index is 16.5. The monoisotopic (exact) mass is 1080 g/mol. The fourth-order valence-corrected chi connectivity index (χ4v) is 21.8. The molecule has 3 aliphatic carbocycles. The molecule has 422 valence electrons. The van der Waals surface area contributed by atoms with Crippen LogP contribution < -0.4 is 5.32 Å². The molecule has 3 fully saturated rings. The van der Waals surface area contributed by atoms with Crippen molar-refractivity contribution in [3.05, 3.63) is 22.8 Å². The number of ether oxygens (including phenoxy) is 6. The van der Waals surface area contributed by atoms with Gasteiger partial charge in [0.05, 0.1) is 30.1 Å². The van der Waals surface area contributed by atoms with E-state index in [1.807, 2.05) is 27.7 Å². The van der Waals surface area contributed by atoms with Gasteiger partial charge in [-0.1, -0.05) is 102 Å². The summed E-state index contributed by atoms with van der Waals surface area (Å²) in [6, 6.07) is 1.02. The molecule has 18 heteroatoms. The molecule has 2 N–H and O–H groups in total. The van der Waals surface area contributed by atoms with Gasteiger partial charge in [0, 0.05) is 38.5 Å². The van der Waals surface area contributed by atoms with Crippen LogP contribution in [0.1, 0.15) is 172 Å². The predicted molar refractivity (Wildman–Crippen MR) is 287 cm³/mol. The van der Waals surface area contributed by atoms with Crippen molar-refractivity contribution in [2.45, 2.75) is 266 Å². The van der Waals surface area contributed by atoms with E-state index >= 15 is 9.59 Å². The van der Waals surface area contributed by atoms with E-state index in [2.05, 4.69) is 67.6 Å². The van der Waals surface area contributed by atoms with Gasteiger partial charge in [0.2, 0.25) is 8.32 Å². The Kier molecular flexibility index (Phi) is 19.8. The molecule has 1 heterocycles. The van der Waals surface area contributed by atoms with Crippen molar-refractivity contribution in [2.75, 3.05) is 6.61 Å². The van der Waals surface area contributed by atoms with E-state index < -0.39 is 135 Å². The summed E-state index contributed by atoms with van der Waals surface area (Å²) >= 11 is 0. The van der Waals surface area contributed by atoms with Crippen molar-refractivity contribution in [1.29, 1.82) is 0 Å². The standard InChI is InChI=1S/C56H95NO15Si2/c1-23-73(24-2,25-3)71-41-28-42-55(30-65-42,69-38(16)59)47-49(68-43(60)27-32(6)7)56(64)29-40(36(14)44(53(56,20)21)46(66-37(15)58)48(61)54(41,47)22)67-50(62)45(72-74(33(8)9,34(10)11)35(12)13)39(26-31(4)5)57-51(63)70-52(17,18)19/h26,32-35,39-42,45-47,49,64H,23-25,27-30H2,1-22H3,(H,57,63)/t39-,40-,41-,42+,45+,46+,47?,49?,54+,55-,56+/m0/s1. The van der Waals surface area contributed by atoms with Crippen LogP contribution in [0.15, 0.2) is 22.8 Å². The molecule has 0 spiro atoms. The highest BCUT2D eigenvalue weighted by molar-refractivity contribution is 6.77. The van der Waals surface area contributed by atoms with Gasteiger partial charge in [-0.3, -0.25) is 19.2 Å². The molecule has 11 atom stereocenters. The summed E-state index contributed by atoms with van der Waals surface area (Å²) in [6.07, 6.45) is -7.41. The van der Waals surface area contributed by atoms with Crippen LogP contribution >= 0.6 is 0 Å². The smallest absolute Gasteiger partial charge is 0.408 e. The average Bonchev–Trinajstić information content (AvgIpc) is 3.24. The average molecular weight is 1080 g/mol. The molecule has 16 nitrogen and oxygen atoms in total. The first-order valence-electron chi connectivity index (χ1n) is 27.3. The lowest BCUT2D eigenvalue weighted by Gasteiger charge is -2.68. The number of fused-ring (bicyclic) bond motifs is 5. The minimum Gasteiger partial charge on any atom is -0.459 e. The lowest BCUT2D eigenvalue weighted by Crippen LogP contribution is -2.82. The number of hydrogen-bond donors (Lipinski definition) is 2. The molecule has 1 saturated heterocycles. The Bertz CT molecular complexity index is 2120. The van der Waals surface area contributed by atoms with Crippen LogP contribution in [-0.2, 0) is 61.2 Å². The molecule has 74 heavy (non-hydrogen) atoms. The Hall–Kier alpha value is -3.43. The lowest BCUT2D eigenvalue weighted by molar-refractivity contribution is -0.346. The topological polar surface area (TPSA) is 209 Å². The number of carbonyl (C=O) groups is 6. The van der Waals surface area contributed by atoms with E-state index in [-0.39, 0.29) is 47.6 Å². The van der Waals surface area contributed by atoms with Crippen molar-refractivity contribution >= 4 is 52.4 Å². The van der Waals surface area contributed by atoms with Gasteiger partial charge in [-0.25, -0.2) is 9.59 Å². The molecule has 4 rings (SSSR count). The molecule has 0 aromatic carbocycles. The summed E-state index contributed by atoms with van der Waals surface area (Å²) in [4.78, 5) is 87.5. The zero-order chi connectivity index (χ0) is 56.6. The van der Waals surface area contributed by atoms with Gasteiger partial charge in [0.1, 0.15) is 29.5 Å². The van der Waals surface area contributed by atoms with E-state index in [9.17, 15) is 24.3 Å². The molecular weight excluding hydrogens is 983 g/mol. The summed E-state index contributed by atoms with van der Waals surface area (Å²) < 4.78 is 52.8. The minimum atomic E-state index is -3.00. The number of carbonyl (C=O) groups excluding carboxylic acids is 6. The second-order valence-corrected chi connectivity index (χ2v) is 35.2. The second kappa shape index (κ2) is 23.3. The summed E-state index contributed by atoms with van der Waals surface area (Å²) in [6.45, 7) is 40.3. The Labute approximate surface area is 445 Å². The SMILES string of the molecule is CC[Si](CC)(CC)O[C@H]1C[C@H]2OC[C@@]2(OC(C)=O)C2C(OC(=O)CC(C)C)[C@]3(O)C[C@H](OC(=O)[C@H](O[Si](C(C)C)(C(C)C)C(C)C)[C@H](C=C(C)C)NC(=O)OC(C)(C)C)C(C)=C([C@@H](OC(C)=O)C(=O)[C@@]21C)C3(C)C. The highest BCUT2D eigenvalue weighted by atomic mass is 28.4. The number of Topliss-reactive ketones (excluding diaryl/α,β-unsaturated/α-hetero) is 1. The van der Waals surface area contributed by atoms with Crippen LogP contribution in [0.2, 0.25) is 34.8 Å². The van der Waals surface area contributed by atoms with Crippen LogP contribution in [0, 0.1) is 22.7 Å². The fraction of sp³-hybridized carbons (Fsp3) is 0.821. The minimum absolute atomic E-state index is 0.0172. The normalized spacial score (nSPS) is 29.7. The van der Waals surface area contributed by atoms with Gasteiger partial charge in [0.25, 0.3) is 0 Å².